The summed E-state index contributed by atoms with van der Waals surface area (Å²) in [4.78, 5) is 11.0. The molecule has 3 heteroatoms. The Morgan fingerprint density at radius 1 is 1.82 bits per heavy atom. The van der Waals surface area contributed by atoms with Gasteiger partial charge >= 0.3 is 5.97 Å². The molecule has 3 nitrogen and oxygen atoms in total. The lowest BCUT2D eigenvalue weighted by atomic mass is 9.96. The maximum atomic E-state index is 11.0. The minimum atomic E-state index is -0.118. The van der Waals surface area contributed by atoms with Gasteiger partial charge in [0.25, 0.3) is 0 Å². The third-order valence-electron chi connectivity index (χ3n) is 1.90. The molecule has 1 fully saturated rings. The highest BCUT2D eigenvalue weighted by Crippen LogP contribution is 2.18. The Balaban J connectivity index is 2.45. The Kier molecular flexibility index (Phi) is 2.52. The Hall–Kier alpha value is -0.990. The van der Waals surface area contributed by atoms with Gasteiger partial charge < -0.3 is 10.1 Å². The number of hydrogen-bond donors (Lipinski definition) is 1. The molecule has 1 rings (SSSR count). The minimum absolute atomic E-state index is 0.0220. The van der Waals surface area contributed by atoms with Crippen LogP contribution in [0.25, 0.3) is 0 Å². The van der Waals surface area contributed by atoms with Crippen molar-refractivity contribution in [2.75, 3.05) is 13.7 Å². The molecule has 1 aliphatic heterocycles. The summed E-state index contributed by atoms with van der Waals surface area (Å²) < 4.78 is 4.63. The summed E-state index contributed by atoms with van der Waals surface area (Å²) >= 11 is 0. The van der Waals surface area contributed by atoms with E-state index in [0.717, 1.165) is 18.7 Å². The topological polar surface area (TPSA) is 38.3 Å². The molecule has 0 bridgehead atoms. The van der Waals surface area contributed by atoms with E-state index in [1.165, 1.54) is 7.11 Å². The molecule has 0 saturated carbocycles. The molecule has 0 aromatic rings. The first-order valence-corrected chi connectivity index (χ1v) is 3.73. The van der Waals surface area contributed by atoms with E-state index in [1.54, 1.807) is 0 Å². The average molecular weight is 155 g/mol. The average Bonchev–Trinajstić information content (AvgIpc) is 2.03. The van der Waals surface area contributed by atoms with E-state index >= 15 is 0 Å². The number of nitrogens with one attached hydrogen (secondary N) is 1. The minimum Gasteiger partial charge on any atom is -0.469 e. The zero-order chi connectivity index (χ0) is 8.27. The zero-order valence-corrected chi connectivity index (χ0v) is 6.72. The number of allylic oxidation sites excluding steroid dienone is 1. The molecule has 0 aromatic heterocycles. The molecule has 1 unspecified atom stereocenters. The van der Waals surface area contributed by atoms with Crippen LogP contribution >= 0.6 is 0 Å². The van der Waals surface area contributed by atoms with Gasteiger partial charge in [-0.05, 0) is 12.8 Å². The number of ether oxygens (including phenoxy) is 1. The van der Waals surface area contributed by atoms with Gasteiger partial charge in [0.05, 0.1) is 13.0 Å². The summed E-state index contributed by atoms with van der Waals surface area (Å²) in [7, 11) is 1.42. The third kappa shape index (κ3) is 1.97. The largest absolute Gasteiger partial charge is 0.469 e. The Labute approximate surface area is 66.4 Å². The van der Waals surface area contributed by atoms with Crippen LogP contribution in [-0.2, 0) is 9.53 Å². The maximum absolute atomic E-state index is 11.0. The van der Waals surface area contributed by atoms with E-state index in [2.05, 4.69) is 16.6 Å². The van der Waals surface area contributed by atoms with Crippen molar-refractivity contribution in [2.24, 2.45) is 5.92 Å². The SMILES string of the molecule is C=C1CC(C(=O)OC)CCN1. The summed E-state index contributed by atoms with van der Waals surface area (Å²) in [5, 5.41) is 3.09. The van der Waals surface area contributed by atoms with Gasteiger partial charge in [-0.15, -0.1) is 0 Å². The van der Waals surface area contributed by atoms with Gasteiger partial charge in [-0.1, -0.05) is 6.58 Å². The molecule has 0 amide bonds. The molecule has 11 heavy (non-hydrogen) atoms. The van der Waals surface area contributed by atoms with E-state index in [-0.39, 0.29) is 11.9 Å². The summed E-state index contributed by atoms with van der Waals surface area (Å²) in [6, 6.07) is 0. The van der Waals surface area contributed by atoms with Crippen LogP contribution < -0.4 is 5.32 Å². The normalized spacial score (nSPS) is 24.1. The molecule has 0 radical (unpaired) electrons. The maximum Gasteiger partial charge on any atom is 0.309 e. The predicted octanol–water partition coefficient (Wildman–Crippen LogP) is 0.673. The summed E-state index contributed by atoms with van der Waals surface area (Å²) in [6.07, 6.45) is 1.57. The van der Waals surface area contributed by atoms with E-state index in [4.69, 9.17) is 0 Å². The summed E-state index contributed by atoms with van der Waals surface area (Å²) in [5.41, 5.74) is 0.937. The molecule has 62 valence electrons. The van der Waals surface area contributed by atoms with Crippen molar-refractivity contribution >= 4 is 5.97 Å². The van der Waals surface area contributed by atoms with Crippen molar-refractivity contribution in [3.05, 3.63) is 12.3 Å². The monoisotopic (exact) mass is 155 g/mol. The van der Waals surface area contributed by atoms with Crippen LogP contribution in [0, 0.1) is 5.92 Å². The first-order chi connectivity index (χ1) is 5.24. The highest BCUT2D eigenvalue weighted by atomic mass is 16.5. The van der Waals surface area contributed by atoms with Crippen LogP contribution in [0.15, 0.2) is 12.3 Å². The summed E-state index contributed by atoms with van der Waals surface area (Å²) in [6.45, 7) is 4.59. The number of rotatable bonds is 1. The molecular weight excluding hydrogens is 142 g/mol. The van der Waals surface area contributed by atoms with Gasteiger partial charge in [-0.3, -0.25) is 4.79 Å². The molecule has 1 saturated heterocycles. The molecule has 1 heterocycles. The van der Waals surface area contributed by atoms with E-state index in [1.807, 2.05) is 0 Å². The lowest BCUT2D eigenvalue weighted by Gasteiger charge is -2.22. The molecular formula is C8H13NO2. The number of hydrogen-bond acceptors (Lipinski definition) is 3. The van der Waals surface area contributed by atoms with Gasteiger partial charge in [-0.25, -0.2) is 0 Å². The Morgan fingerprint density at radius 2 is 2.55 bits per heavy atom. The van der Waals surface area contributed by atoms with Gasteiger partial charge in [0, 0.05) is 12.2 Å². The van der Waals surface area contributed by atoms with Crippen molar-refractivity contribution in [1.82, 2.24) is 5.32 Å². The molecule has 0 aromatic carbocycles. The lowest BCUT2D eigenvalue weighted by molar-refractivity contribution is -0.145. The second-order valence-electron chi connectivity index (χ2n) is 2.74. The zero-order valence-electron chi connectivity index (χ0n) is 6.72. The van der Waals surface area contributed by atoms with Gasteiger partial charge in [-0.2, -0.15) is 0 Å². The van der Waals surface area contributed by atoms with Crippen molar-refractivity contribution < 1.29 is 9.53 Å². The number of esters is 1. The summed E-state index contributed by atoms with van der Waals surface area (Å²) in [5.74, 6) is -0.0959. The third-order valence-corrected chi connectivity index (χ3v) is 1.90. The second-order valence-corrected chi connectivity index (χ2v) is 2.74. The number of methoxy groups -OCH3 is 1. The van der Waals surface area contributed by atoms with Crippen molar-refractivity contribution in [1.29, 1.82) is 0 Å². The highest BCUT2D eigenvalue weighted by molar-refractivity contribution is 5.72. The van der Waals surface area contributed by atoms with Crippen molar-refractivity contribution in [2.45, 2.75) is 12.8 Å². The highest BCUT2D eigenvalue weighted by Gasteiger charge is 2.22. The Bertz CT molecular complexity index is 177. The number of carbonyl (C=O) groups is 1. The number of carbonyl (C=O) groups excluding carboxylic acids is 1. The van der Waals surface area contributed by atoms with Crippen molar-refractivity contribution in [3.8, 4) is 0 Å². The van der Waals surface area contributed by atoms with Crippen molar-refractivity contribution in [3.63, 3.8) is 0 Å². The number of piperidine rings is 1. The Morgan fingerprint density at radius 3 is 3.09 bits per heavy atom. The fourth-order valence-electron chi connectivity index (χ4n) is 1.26. The molecule has 0 aliphatic carbocycles. The van der Waals surface area contributed by atoms with Crippen LogP contribution in [-0.4, -0.2) is 19.6 Å². The van der Waals surface area contributed by atoms with Crippen LogP contribution in [0.2, 0.25) is 0 Å². The van der Waals surface area contributed by atoms with Gasteiger partial charge in [0.15, 0.2) is 0 Å². The van der Waals surface area contributed by atoms with Crippen LogP contribution in [0.1, 0.15) is 12.8 Å². The first kappa shape index (κ1) is 8.11. The fourth-order valence-corrected chi connectivity index (χ4v) is 1.26. The lowest BCUT2D eigenvalue weighted by Crippen LogP contribution is -2.30. The van der Waals surface area contributed by atoms with Crippen LogP contribution in [0.3, 0.4) is 0 Å². The van der Waals surface area contributed by atoms with Gasteiger partial charge in [0.2, 0.25) is 0 Å². The second kappa shape index (κ2) is 3.42. The van der Waals surface area contributed by atoms with E-state index in [9.17, 15) is 4.79 Å². The van der Waals surface area contributed by atoms with E-state index < -0.39 is 0 Å². The first-order valence-electron chi connectivity index (χ1n) is 3.73. The quantitative estimate of drug-likeness (QED) is 0.566. The standard InChI is InChI=1S/C8H13NO2/c1-6-5-7(3-4-9-6)8(10)11-2/h7,9H,1,3-5H2,2H3. The predicted molar refractivity (Wildman–Crippen MR) is 41.9 cm³/mol. The smallest absolute Gasteiger partial charge is 0.309 e. The van der Waals surface area contributed by atoms with E-state index in [0.29, 0.717) is 6.42 Å². The van der Waals surface area contributed by atoms with Gasteiger partial charge in [0.1, 0.15) is 0 Å². The molecule has 1 N–H and O–H groups in total. The molecule has 1 aliphatic rings. The fraction of sp³-hybridized carbons (Fsp3) is 0.625. The van der Waals surface area contributed by atoms with Crippen LogP contribution in [0.5, 0.6) is 0 Å². The van der Waals surface area contributed by atoms with Crippen LogP contribution in [0.4, 0.5) is 0 Å². The molecule has 1 atom stereocenters. The molecule has 0 spiro atoms.